The molecule has 0 aromatic heterocycles. The largest absolute Gasteiger partial charge is 0.462 e. The topological polar surface area (TPSA) is 78.9 Å². The van der Waals surface area contributed by atoms with E-state index in [9.17, 15) is 14.4 Å². The number of hydrogen-bond donors (Lipinski definition) is 0. The molecule has 69 heavy (non-hydrogen) atoms. The summed E-state index contributed by atoms with van der Waals surface area (Å²) < 4.78 is 16.7. The standard InChI is InChI=1S/C63H96O6/c1-4-7-10-13-16-19-22-25-28-30-31-33-35-38-41-44-47-50-53-56-62(65)68-59-60(58-67-61(64)55-52-49-46-43-40-37-34-27-24-21-18-15-12-9-6-3)69-63(66)57-54-51-48-45-42-39-36-32-29-26-23-20-17-14-11-8-5-2/h7-12,16-21,25-29,31,33-34,36,39-40,43,45,48,60H,4-6,13-15,22-24,30,32,35,37-38,41-42,44,46-47,49-59H2,1-3H3/b10-7-,11-8-,12-9-,19-16-,20-17-,21-18-,28-25-,29-26-,33-31-,34-27-,39-36-,43-40-,48-45-. The third kappa shape index (κ3) is 53.8. The van der Waals surface area contributed by atoms with E-state index in [-0.39, 0.29) is 44.0 Å². The van der Waals surface area contributed by atoms with Crippen LogP contribution in [-0.2, 0) is 28.6 Å². The molecule has 0 aliphatic rings. The molecule has 0 aromatic rings. The summed E-state index contributed by atoms with van der Waals surface area (Å²) in [5, 5.41) is 0. The van der Waals surface area contributed by atoms with E-state index >= 15 is 0 Å². The van der Waals surface area contributed by atoms with E-state index in [1.165, 1.54) is 12.8 Å². The van der Waals surface area contributed by atoms with Crippen LogP contribution in [0.15, 0.2) is 158 Å². The van der Waals surface area contributed by atoms with Gasteiger partial charge in [0.2, 0.25) is 0 Å². The second kappa shape index (κ2) is 55.6. The van der Waals surface area contributed by atoms with Gasteiger partial charge in [0.05, 0.1) is 0 Å². The third-order valence-corrected chi connectivity index (χ3v) is 10.5. The van der Waals surface area contributed by atoms with Gasteiger partial charge in [-0.3, -0.25) is 14.4 Å². The van der Waals surface area contributed by atoms with Crippen LogP contribution in [-0.4, -0.2) is 37.2 Å². The van der Waals surface area contributed by atoms with E-state index in [0.717, 1.165) is 135 Å². The number of hydrogen-bond acceptors (Lipinski definition) is 6. The summed E-state index contributed by atoms with van der Waals surface area (Å²) in [5.74, 6) is -1.06. The summed E-state index contributed by atoms with van der Waals surface area (Å²) in [6.45, 7) is 6.18. The lowest BCUT2D eigenvalue weighted by molar-refractivity contribution is -0.167. The van der Waals surface area contributed by atoms with Crippen LogP contribution in [0.5, 0.6) is 0 Å². The second-order valence-corrected chi connectivity index (χ2v) is 17.0. The Morgan fingerprint density at radius 3 is 0.884 bits per heavy atom. The quantitative estimate of drug-likeness (QED) is 0.0262. The van der Waals surface area contributed by atoms with E-state index in [4.69, 9.17) is 14.2 Å². The van der Waals surface area contributed by atoms with Crippen molar-refractivity contribution in [1.29, 1.82) is 0 Å². The van der Waals surface area contributed by atoms with Gasteiger partial charge >= 0.3 is 17.9 Å². The van der Waals surface area contributed by atoms with Gasteiger partial charge in [-0.25, -0.2) is 0 Å². The van der Waals surface area contributed by atoms with Crippen LogP contribution in [0.4, 0.5) is 0 Å². The van der Waals surface area contributed by atoms with Gasteiger partial charge in [0, 0.05) is 19.3 Å². The van der Waals surface area contributed by atoms with Crippen LogP contribution in [0.3, 0.4) is 0 Å². The predicted octanol–water partition coefficient (Wildman–Crippen LogP) is 18.2. The second-order valence-electron chi connectivity index (χ2n) is 17.0. The van der Waals surface area contributed by atoms with Gasteiger partial charge in [-0.1, -0.05) is 204 Å². The summed E-state index contributed by atoms with van der Waals surface area (Å²) in [7, 11) is 0. The van der Waals surface area contributed by atoms with Gasteiger partial charge < -0.3 is 14.2 Å². The van der Waals surface area contributed by atoms with E-state index in [2.05, 4.69) is 179 Å². The van der Waals surface area contributed by atoms with Gasteiger partial charge in [0.1, 0.15) is 13.2 Å². The number of carbonyl (C=O) groups excluding carboxylic acids is 3. The molecular weight excluding hydrogens is 853 g/mol. The summed E-state index contributed by atoms with van der Waals surface area (Å²) in [4.78, 5) is 38.1. The number of esters is 3. The Labute approximate surface area is 422 Å². The highest BCUT2D eigenvalue weighted by molar-refractivity contribution is 5.71. The molecule has 0 saturated heterocycles. The molecule has 0 saturated carbocycles. The Kier molecular flexibility index (Phi) is 51.6. The molecule has 0 aromatic carbocycles. The van der Waals surface area contributed by atoms with E-state index < -0.39 is 6.10 Å². The molecule has 0 radical (unpaired) electrons. The summed E-state index contributed by atoms with van der Waals surface area (Å²) in [6.07, 6.45) is 80.9. The Balaban J connectivity index is 4.60. The first-order valence-corrected chi connectivity index (χ1v) is 27.0. The molecule has 0 fully saturated rings. The maximum absolute atomic E-state index is 12.8. The Morgan fingerprint density at radius 1 is 0.290 bits per heavy atom. The molecule has 0 spiro atoms. The Hall–Kier alpha value is -4.97. The normalized spacial score (nSPS) is 13.4. The van der Waals surface area contributed by atoms with Crippen LogP contribution in [0, 0.1) is 0 Å². The zero-order valence-corrected chi connectivity index (χ0v) is 43.8. The molecule has 0 N–H and O–H groups in total. The Bertz CT molecular complexity index is 1610. The lowest BCUT2D eigenvalue weighted by Gasteiger charge is -2.18. The van der Waals surface area contributed by atoms with Crippen molar-refractivity contribution in [2.45, 2.75) is 207 Å². The van der Waals surface area contributed by atoms with Crippen LogP contribution < -0.4 is 0 Å². The number of unbranched alkanes of at least 4 members (excludes halogenated alkanes) is 9. The highest BCUT2D eigenvalue weighted by Crippen LogP contribution is 2.12. The highest BCUT2D eigenvalue weighted by atomic mass is 16.6. The van der Waals surface area contributed by atoms with Crippen molar-refractivity contribution in [3.63, 3.8) is 0 Å². The lowest BCUT2D eigenvalue weighted by Crippen LogP contribution is -2.30. The van der Waals surface area contributed by atoms with Gasteiger partial charge in [0.25, 0.3) is 0 Å². The molecule has 1 atom stereocenters. The number of ether oxygens (including phenoxy) is 3. The van der Waals surface area contributed by atoms with Crippen molar-refractivity contribution < 1.29 is 28.6 Å². The Morgan fingerprint density at radius 2 is 0.536 bits per heavy atom. The molecule has 384 valence electrons. The smallest absolute Gasteiger partial charge is 0.306 e. The molecule has 6 heteroatoms. The van der Waals surface area contributed by atoms with E-state index in [1.54, 1.807) is 0 Å². The fourth-order valence-electron chi connectivity index (χ4n) is 6.58. The molecule has 0 bridgehead atoms. The zero-order valence-electron chi connectivity index (χ0n) is 43.8. The molecule has 6 nitrogen and oxygen atoms in total. The third-order valence-electron chi connectivity index (χ3n) is 10.5. The zero-order chi connectivity index (χ0) is 50.0. The number of carbonyl (C=O) groups is 3. The monoisotopic (exact) mass is 949 g/mol. The van der Waals surface area contributed by atoms with Crippen LogP contribution in [0.2, 0.25) is 0 Å². The van der Waals surface area contributed by atoms with Gasteiger partial charge in [-0.2, -0.15) is 0 Å². The molecule has 0 aliphatic carbocycles. The SMILES string of the molecule is CC/C=C\C/C=C\C/C=C\C/C=C\C/C=C\CCCC(=O)OC(COC(=O)CCCC/C=C\C/C=C\C/C=C\C/C=C\CC)COC(=O)CCCCCCCC/C=C\C/C=C\C/C=C\C/C=C\CC. The first kappa shape index (κ1) is 64.0. The van der Waals surface area contributed by atoms with E-state index in [1.807, 2.05) is 0 Å². The molecule has 1 unspecified atom stereocenters. The van der Waals surface area contributed by atoms with E-state index in [0.29, 0.717) is 19.3 Å². The fourth-order valence-corrected chi connectivity index (χ4v) is 6.58. The average molecular weight is 949 g/mol. The first-order chi connectivity index (χ1) is 34.0. The minimum Gasteiger partial charge on any atom is -0.462 e. The van der Waals surface area contributed by atoms with Crippen molar-refractivity contribution in [3.05, 3.63) is 158 Å². The summed E-state index contributed by atoms with van der Waals surface area (Å²) >= 11 is 0. The van der Waals surface area contributed by atoms with Gasteiger partial charge in [0.15, 0.2) is 6.10 Å². The van der Waals surface area contributed by atoms with Crippen LogP contribution in [0.25, 0.3) is 0 Å². The highest BCUT2D eigenvalue weighted by Gasteiger charge is 2.19. The maximum Gasteiger partial charge on any atom is 0.306 e. The molecule has 0 amide bonds. The molecule has 0 aliphatic heterocycles. The summed E-state index contributed by atoms with van der Waals surface area (Å²) in [6, 6.07) is 0. The maximum atomic E-state index is 12.8. The van der Waals surface area contributed by atoms with Crippen molar-refractivity contribution in [2.24, 2.45) is 0 Å². The fraction of sp³-hybridized carbons (Fsp3) is 0.540. The van der Waals surface area contributed by atoms with Crippen molar-refractivity contribution in [2.75, 3.05) is 13.2 Å². The van der Waals surface area contributed by atoms with Gasteiger partial charge in [-0.05, 0) is 135 Å². The molecule has 0 rings (SSSR count). The van der Waals surface area contributed by atoms with Crippen molar-refractivity contribution in [3.8, 4) is 0 Å². The average Bonchev–Trinajstić information content (AvgIpc) is 3.35. The first-order valence-electron chi connectivity index (χ1n) is 27.0. The molecular formula is C63H96O6. The predicted molar refractivity (Wildman–Crippen MR) is 297 cm³/mol. The van der Waals surface area contributed by atoms with Crippen molar-refractivity contribution >= 4 is 17.9 Å². The lowest BCUT2D eigenvalue weighted by atomic mass is 10.1. The minimum atomic E-state index is -0.839. The van der Waals surface area contributed by atoms with Crippen LogP contribution >= 0.6 is 0 Å². The number of allylic oxidation sites excluding steroid dienone is 26. The molecule has 0 heterocycles. The van der Waals surface area contributed by atoms with Crippen LogP contribution in [0.1, 0.15) is 201 Å². The minimum absolute atomic E-state index is 0.129. The number of rotatable bonds is 46. The van der Waals surface area contributed by atoms with Gasteiger partial charge in [-0.15, -0.1) is 0 Å². The summed E-state index contributed by atoms with van der Waals surface area (Å²) in [5.41, 5.74) is 0. The van der Waals surface area contributed by atoms with Crippen molar-refractivity contribution in [1.82, 2.24) is 0 Å².